The minimum atomic E-state index is -0.175. The van der Waals surface area contributed by atoms with E-state index < -0.39 is 0 Å². The van der Waals surface area contributed by atoms with Crippen molar-refractivity contribution in [1.29, 1.82) is 0 Å². The minimum absolute atomic E-state index is 0.175. The van der Waals surface area contributed by atoms with E-state index in [1.54, 1.807) is 0 Å². The molecule has 3 rings (SSSR count). The van der Waals surface area contributed by atoms with Crippen LogP contribution in [0.1, 0.15) is 18.1 Å². The molecule has 0 bridgehead atoms. The summed E-state index contributed by atoms with van der Waals surface area (Å²) in [4.78, 5) is 16.8. The average Bonchev–Trinajstić information content (AvgIpc) is 2.47. The summed E-state index contributed by atoms with van der Waals surface area (Å²) >= 11 is 0. The third kappa shape index (κ3) is 2.74. The number of nitrogens with zero attached hydrogens (tertiary/aromatic N) is 2. The van der Waals surface area contributed by atoms with Crippen LogP contribution in [0.4, 0.5) is 0 Å². The summed E-state index contributed by atoms with van der Waals surface area (Å²) in [6.07, 6.45) is 0.918. The lowest BCUT2D eigenvalue weighted by molar-refractivity contribution is 0.179. The van der Waals surface area contributed by atoms with Gasteiger partial charge in [0.2, 0.25) is 0 Å². The van der Waals surface area contributed by atoms with Gasteiger partial charge in [-0.15, -0.1) is 0 Å². The maximum Gasteiger partial charge on any atom is 0.341 e. The van der Waals surface area contributed by atoms with Crippen LogP contribution in [0.2, 0.25) is 0 Å². The lowest BCUT2D eigenvalue weighted by Crippen LogP contribution is -2.42. The Labute approximate surface area is 125 Å². The first kappa shape index (κ1) is 14.3. The van der Waals surface area contributed by atoms with Crippen molar-refractivity contribution >= 4 is 11.0 Å². The molecule has 0 aliphatic carbocycles. The second kappa shape index (κ2) is 5.62. The first-order chi connectivity index (χ1) is 10.1. The lowest BCUT2D eigenvalue weighted by Gasteiger charge is -2.32. The normalized spacial score (nSPS) is 17.1. The number of hydrogen-bond acceptors (Lipinski definition) is 4. The van der Waals surface area contributed by atoms with Crippen molar-refractivity contribution in [3.63, 3.8) is 0 Å². The molecule has 1 aliphatic heterocycles. The van der Waals surface area contributed by atoms with Gasteiger partial charge < -0.3 is 9.32 Å². The maximum absolute atomic E-state index is 12.2. The van der Waals surface area contributed by atoms with Crippen LogP contribution < -0.4 is 5.63 Å². The third-order valence-electron chi connectivity index (χ3n) is 4.49. The molecule has 21 heavy (non-hydrogen) atoms. The third-order valence-corrected chi connectivity index (χ3v) is 4.49. The van der Waals surface area contributed by atoms with Gasteiger partial charge in [0.1, 0.15) is 5.58 Å². The zero-order chi connectivity index (χ0) is 15.0. The number of para-hydroxylation sites is 1. The summed E-state index contributed by atoms with van der Waals surface area (Å²) in [5.74, 6) is 0. The summed E-state index contributed by atoms with van der Waals surface area (Å²) in [6.45, 7) is 4.87. The maximum atomic E-state index is 12.2. The first-order valence-electron chi connectivity index (χ1n) is 7.48. The number of rotatable bonds is 3. The molecule has 0 radical (unpaired) electrons. The fourth-order valence-corrected chi connectivity index (χ4v) is 2.96. The molecule has 0 N–H and O–H groups in total. The van der Waals surface area contributed by atoms with Gasteiger partial charge in [0.25, 0.3) is 0 Å². The van der Waals surface area contributed by atoms with E-state index in [0.29, 0.717) is 18.2 Å². The molecule has 112 valence electrons. The Morgan fingerprint density at radius 2 is 2.05 bits per heavy atom. The summed E-state index contributed by atoms with van der Waals surface area (Å²) in [7, 11) is 4.18. The van der Waals surface area contributed by atoms with Crippen molar-refractivity contribution in [2.45, 2.75) is 25.9 Å². The van der Waals surface area contributed by atoms with Crippen molar-refractivity contribution in [2.24, 2.45) is 0 Å². The van der Waals surface area contributed by atoms with Crippen molar-refractivity contribution in [3.8, 4) is 0 Å². The van der Waals surface area contributed by atoms with Crippen LogP contribution >= 0.6 is 0 Å². The monoisotopic (exact) mass is 286 g/mol. The Balaban J connectivity index is 1.93. The van der Waals surface area contributed by atoms with E-state index in [1.165, 1.54) is 5.56 Å². The van der Waals surface area contributed by atoms with Crippen LogP contribution in [0.5, 0.6) is 0 Å². The highest BCUT2D eigenvalue weighted by Crippen LogP contribution is 2.25. The van der Waals surface area contributed by atoms with Crippen molar-refractivity contribution in [2.75, 3.05) is 27.2 Å². The molecule has 1 atom stereocenters. The SMILES string of the molecule is CC(CN1CCc2c(c(=O)oc3ccccc23)C1)N(C)C. The second-order valence-corrected chi connectivity index (χ2v) is 6.14. The number of benzene rings is 1. The average molecular weight is 286 g/mol. The molecule has 2 heterocycles. The van der Waals surface area contributed by atoms with Gasteiger partial charge >= 0.3 is 5.63 Å². The standard InChI is InChI=1S/C17H22N2O2/c1-12(18(2)3)10-19-9-8-13-14-6-4-5-7-16(14)21-17(20)15(13)11-19/h4-7,12H,8-11H2,1-3H3. The van der Waals surface area contributed by atoms with Crippen LogP contribution in [-0.4, -0.2) is 43.0 Å². The zero-order valence-electron chi connectivity index (χ0n) is 12.9. The molecule has 1 aromatic heterocycles. The van der Waals surface area contributed by atoms with E-state index in [9.17, 15) is 4.79 Å². The van der Waals surface area contributed by atoms with E-state index >= 15 is 0 Å². The minimum Gasteiger partial charge on any atom is -0.422 e. The molecule has 1 unspecified atom stereocenters. The van der Waals surface area contributed by atoms with Gasteiger partial charge in [-0.05, 0) is 39.1 Å². The summed E-state index contributed by atoms with van der Waals surface area (Å²) in [5.41, 5.74) is 2.55. The Morgan fingerprint density at radius 1 is 1.29 bits per heavy atom. The summed E-state index contributed by atoms with van der Waals surface area (Å²) in [5, 5.41) is 1.09. The largest absolute Gasteiger partial charge is 0.422 e. The number of likely N-dealkylation sites (N-methyl/N-ethyl adjacent to an activating group) is 1. The number of hydrogen-bond donors (Lipinski definition) is 0. The molecule has 1 aliphatic rings. The van der Waals surface area contributed by atoms with Crippen molar-refractivity contribution in [3.05, 3.63) is 45.8 Å². The first-order valence-corrected chi connectivity index (χ1v) is 7.48. The molecule has 0 amide bonds. The van der Waals surface area contributed by atoms with Gasteiger partial charge in [-0.3, -0.25) is 4.90 Å². The van der Waals surface area contributed by atoms with Gasteiger partial charge in [0.05, 0.1) is 5.56 Å². The molecule has 0 saturated heterocycles. The Bertz CT molecular complexity index is 705. The highest BCUT2D eigenvalue weighted by atomic mass is 16.4. The predicted octanol–water partition coefficient (Wildman–Crippen LogP) is 2.10. The van der Waals surface area contributed by atoms with E-state index in [0.717, 1.165) is 30.5 Å². The lowest BCUT2D eigenvalue weighted by atomic mass is 9.97. The van der Waals surface area contributed by atoms with Crippen LogP contribution in [0.25, 0.3) is 11.0 Å². The van der Waals surface area contributed by atoms with Gasteiger partial charge in [-0.2, -0.15) is 0 Å². The summed E-state index contributed by atoms with van der Waals surface area (Å²) < 4.78 is 5.47. The smallest absolute Gasteiger partial charge is 0.341 e. The van der Waals surface area contributed by atoms with Gasteiger partial charge in [-0.1, -0.05) is 18.2 Å². The highest BCUT2D eigenvalue weighted by molar-refractivity contribution is 5.81. The van der Waals surface area contributed by atoms with Gasteiger partial charge in [-0.25, -0.2) is 4.79 Å². The fourth-order valence-electron chi connectivity index (χ4n) is 2.96. The van der Waals surface area contributed by atoms with Crippen molar-refractivity contribution < 1.29 is 4.42 Å². The molecule has 0 saturated carbocycles. The Morgan fingerprint density at radius 3 is 2.81 bits per heavy atom. The fraction of sp³-hybridized carbons (Fsp3) is 0.471. The van der Waals surface area contributed by atoms with Crippen LogP contribution in [0, 0.1) is 0 Å². The quantitative estimate of drug-likeness (QED) is 0.810. The molecular weight excluding hydrogens is 264 g/mol. The Kier molecular flexibility index (Phi) is 3.83. The van der Waals surface area contributed by atoms with E-state index in [4.69, 9.17) is 4.42 Å². The Hall–Kier alpha value is -1.65. The van der Waals surface area contributed by atoms with E-state index in [-0.39, 0.29) is 5.63 Å². The zero-order valence-corrected chi connectivity index (χ0v) is 12.9. The molecule has 0 fully saturated rings. The molecule has 4 heteroatoms. The highest BCUT2D eigenvalue weighted by Gasteiger charge is 2.23. The van der Waals surface area contributed by atoms with Crippen LogP contribution in [-0.2, 0) is 13.0 Å². The molecule has 2 aromatic rings. The molecule has 0 spiro atoms. The predicted molar refractivity (Wildman–Crippen MR) is 84.6 cm³/mol. The van der Waals surface area contributed by atoms with Crippen molar-refractivity contribution in [1.82, 2.24) is 9.80 Å². The molecule has 4 nitrogen and oxygen atoms in total. The molecule has 1 aromatic carbocycles. The van der Waals surface area contributed by atoms with E-state index in [1.807, 2.05) is 18.2 Å². The van der Waals surface area contributed by atoms with Crippen LogP contribution in [0.15, 0.2) is 33.5 Å². The van der Waals surface area contributed by atoms with Crippen LogP contribution in [0.3, 0.4) is 0 Å². The number of fused-ring (bicyclic) bond motifs is 3. The second-order valence-electron chi connectivity index (χ2n) is 6.14. The summed E-state index contributed by atoms with van der Waals surface area (Å²) in [6, 6.07) is 8.31. The van der Waals surface area contributed by atoms with Gasteiger partial charge in [0, 0.05) is 31.1 Å². The topological polar surface area (TPSA) is 36.7 Å². The van der Waals surface area contributed by atoms with E-state index in [2.05, 4.69) is 36.9 Å². The van der Waals surface area contributed by atoms with Gasteiger partial charge in [0.15, 0.2) is 0 Å². The molecular formula is C17H22N2O2.